The molecule has 0 fully saturated rings. The summed E-state index contributed by atoms with van der Waals surface area (Å²) in [5.74, 6) is 0.0783. The average molecular weight is 265 g/mol. The molecule has 19 heavy (non-hydrogen) atoms. The molecule has 4 nitrogen and oxygen atoms in total. The van der Waals surface area contributed by atoms with Gasteiger partial charge in [0.25, 0.3) is 0 Å². The Bertz CT molecular complexity index is 431. The topological polar surface area (TPSA) is 49.8 Å². The van der Waals surface area contributed by atoms with Gasteiger partial charge in [-0.1, -0.05) is 6.07 Å². The Labute approximate surface area is 115 Å². The number of hydrogen-bond donors (Lipinski definition) is 1. The molecule has 0 aliphatic carbocycles. The number of nitrogens with zero attached hydrogens (tertiary/aromatic N) is 1. The molecule has 0 aromatic heterocycles. The standard InChI is InChI=1S/C15H23NO3/c1-11-6-7-14(10-12(11)2)19-9-5-8-16(4)13(3)15(17)18/h6-7,10,13H,5,8-9H2,1-4H3,(H,17,18). The number of carboxylic acid groups (broad SMARTS) is 1. The summed E-state index contributed by atoms with van der Waals surface area (Å²) in [6, 6.07) is 5.58. The Morgan fingerprint density at radius 2 is 2.05 bits per heavy atom. The maximum Gasteiger partial charge on any atom is 0.320 e. The smallest absolute Gasteiger partial charge is 0.320 e. The molecule has 0 bridgehead atoms. The van der Waals surface area contributed by atoms with Crippen LogP contribution in [0.4, 0.5) is 0 Å². The number of hydrogen-bond acceptors (Lipinski definition) is 3. The fourth-order valence-corrected chi connectivity index (χ4v) is 1.69. The van der Waals surface area contributed by atoms with E-state index in [1.54, 1.807) is 6.92 Å². The van der Waals surface area contributed by atoms with Gasteiger partial charge in [-0.3, -0.25) is 9.69 Å². The molecule has 4 heteroatoms. The van der Waals surface area contributed by atoms with E-state index in [1.165, 1.54) is 11.1 Å². The molecule has 0 aliphatic rings. The first-order valence-corrected chi connectivity index (χ1v) is 6.55. The van der Waals surface area contributed by atoms with E-state index in [9.17, 15) is 4.79 Å². The third-order valence-electron chi connectivity index (χ3n) is 3.42. The van der Waals surface area contributed by atoms with E-state index < -0.39 is 12.0 Å². The molecule has 0 heterocycles. The maximum atomic E-state index is 10.8. The van der Waals surface area contributed by atoms with Gasteiger partial charge in [0, 0.05) is 6.54 Å². The van der Waals surface area contributed by atoms with Gasteiger partial charge in [0.1, 0.15) is 11.8 Å². The number of ether oxygens (including phenoxy) is 1. The summed E-state index contributed by atoms with van der Waals surface area (Å²) in [5.41, 5.74) is 2.47. The van der Waals surface area contributed by atoms with Crippen molar-refractivity contribution in [2.24, 2.45) is 0 Å². The van der Waals surface area contributed by atoms with E-state index in [0.29, 0.717) is 13.2 Å². The second kappa shape index (κ2) is 7.14. The summed E-state index contributed by atoms with van der Waals surface area (Å²) in [4.78, 5) is 12.6. The Morgan fingerprint density at radius 1 is 1.37 bits per heavy atom. The average Bonchev–Trinajstić information content (AvgIpc) is 2.37. The fraction of sp³-hybridized carbons (Fsp3) is 0.533. The monoisotopic (exact) mass is 265 g/mol. The van der Waals surface area contributed by atoms with Crippen LogP contribution in [0.3, 0.4) is 0 Å². The van der Waals surface area contributed by atoms with Crippen molar-refractivity contribution in [3.8, 4) is 5.75 Å². The summed E-state index contributed by atoms with van der Waals surface area (Å²) < 4.78 is 5.66. The Kier molecular flexibility index (Phi) is 5.83. The molecule has 0 aliphatic heterocycles. The third-order valence-corrected chi connectivity index (χ3v) is 3.42. The van der Waals surface area contributed by atoms with Gasteiger partial charge in [0.05, 0.1) is 6.61 Å². The van der Waals surface area contributed by atoms with Crippen molar-refractivity contribution in [3.63, 3.8) is 0 Å². The van der Waals surface area contributed by atoms with Crippen LogP contribution in [0.1, 0.15) is 24.5 Å². The van der Waals surface area contributed by atoms with Crippen LogP contribution in [0, 0.1) is 13.8 Å². The first-order valence-electron chi connectivity index (χ1n) is 6.55. The van der Waals surface area contributed by atoms with Crippen LogP contribution in [0.25, 0.3) is 0 Å². The first-order chi connectivity index (χ1) is 8.91. The molecule has 0 radical (unpaired) electrons. The zero-order valence-electron chi connectivity index (χ0n) is 12.1. The minimum absolute atomic E-state index is 0.457. The Hall–Kier alpha value is -1.55. The lowest BCUT2D eigenvalue weighted by Gasteiger charge is -2.20. The molecule has 106 valence electrons. The quantitative estimate of drug-likeness (QED) is 0.769. The SMILES string of the molecule is Cc1ccc(OCCCN(C)C(C)C(=O)O)cc1C. The molecule has 1 rings (SSSR count). The van der Waals surface area contributed by atoms with Crippen LogP contribution in [-0.2, 0) is 4.79 Å². The molecular formula is C15H23NO3. The predicted octanol–water partition coefficient (Wildman–Crippen LogP) is 2.48. The van der Waals surface area contributed by atoms with E-state index in [4.69, 9.17) is 9.84 Å². The number of likely N-dealkylation sites (N-methyl/N-ethyl adjacent to an activating group) is 1. The number of rotatable bonds is 7. The number of aryl methyl sites for hydroxylation is 2. The molecule has 1 atom stereocenters. The van der Waals surface area contributed by atoms with E-state index >= 15 is 0 Å². The van der Waals surface area contributed by atoms with Gasteiger partial charge in [-0.25, -0.2) is 0 Å². The van der Waals surface area contributed by atoms with Crippen molar-refractivity contribution in [1.82, 2.24) is 4.90 Å². The molecule has 0 saturated heterocycles. The molecule has 0 saturated carbocycles. The second-order valence-corrected chi connectivity index (χ2v) is 4.94. The zero-order chi connectivity index (χ0) is 14.4. The summed E-state index contributed by atoms with van der Waals surface area (Å²) in [6.45, 7) is 7.12. The molecule has 0 spiro atoms. The largest absolute Gasteiger partial charge is 0.494 e. The van der Waals surface area contributed by atoms with E-state index in [2.05, 4.69) is 13.8 Å². The van der Waals surface area contributed by atoms with Crippen molar-refractivity contribution >= 4 is 5.97 Å². The van der Waals surface area contributed by atoms with E-state index in [-0.39, 0.29) is 0 Å². The van der Waals surface area contributed by atoms with Gasteiger partial charge in [0.2, 0.25) is 0 Å². The first kappa shape index (κ1) is 15.5. The van der Waals surface area contributed by atoms with Crippen molar-refractivity contribution in [3.05, 3.63) is 29.3 Å². The van der Waals surface area contributed by atoms with Crippen LogP contribution in [-0.4, -0.2) is 42.2 Å². The van der Waals surface area contributed by atoms with Crippen LogP contribution >= 0.6 is 0 Å². The van der Waals surface area contributed by atoms with E-state index in [0.717, 1.165) is 12.2 Å². The lowest BCUT2D eigenvalue weighted by Crippen LogP contribution is -2.36. The zero-order valence-corrected chi connectivity index (χ0v) is 12.1. The number of benzene rings is 1. The summed E-state index contributed by atoms with van der Waals surface area (Å²) in [6.07, 6.45) is 0.807. The predicted molar refractivity (Wildman–Crippen MR) is 75.8 cm³/mol. The highest BCUT2D eigenvalue weighted by Gasteiger charge is 2.15. The van der Waals surface area contributed by atoms with Crippen LogP contribution in [0.15, 0.2) is 18.2 Å². The maximum absolute atomic E-state index is 10.8. The summed E-state index contributed by atoms with van der Waals surface area (Å²) in [7, 11) is 1.81. The molecule has 1 N–H and O–H groups in total. The summed E-state index contributed by atoms with van der Waals surface area (Å²) in [5, 5.41) is 8.87. The molecule has 0 amide bonds. The lowest BCUT2D eigenvalue weighted by atomic mass is 10.1. The van der Waals surface area contributed by atoms with Crippen molar-refractivity contribution < 1.29 is 14.6 Å². The number of carboxylic acids is 1. The Balaban J connectivity index is 2.31. The van der Waals surface area contributed by atoms with Crippen molar-refractivity contribution in [1.29, 1.82) is 0 Å². The van der Waals surface area contributed by atoms with Gasteiger partial charge >= 0.3 is 5.97 Å². The van der Waals surface area contributed by atoms with E-state index in [1.807, 2.05) is 30.1 Å². The highest BCUT2D eigenvalue weighted by molar-refractivity contribution is 5.72. The fourth-order valence-electron chi connectivity index (χ4n) is 1.69. The number of aliphatic carboxylic acids is 1. The minimum Gasteiger partial charge on any atom is -0.494 e. The van der Waals surface area contributed by atoms with Gasteiger partial charge < -0.3 is 9.84 Å². The van der Waals surface area contributed by atoms with Gasteiger partial charge in [-0.2, -0.15) is 0 Å². The second-order valence-electron chi connectivity index (χ2n) is 4.94. The van der Waals surface area contributed by atoms with Gasteiger partial charge in [-0.15, -0.1) is 0 Å². The minimum atomic E-state index is -0.794. The van der Waals surface area contributed by atoms with Gasteiger partial charge in [0.15, 0.2) is 0 Å². The molecule has 1 unspecified atom stereocenters. The number of carbonyl (C=O) groups is 1. The highest BCUT2D eigenvalue weighted by atomic mass is 16.5. The highest BCUT2D eigenvalue weighted by Crippen LogP contribution is 2.16. The lowest BCUT2D eigenvalue weighted by molar-refractivity contribution is -0.142. The molecule has 1 aromatic carbocycles. The van der Waals surface area contributed by atoms with Crippen molar-refractivity contribution in [2.45, 2.75) is 33.2 Å². The summed E-state index contributed by atoms with van der Waals surface area (Å²) >= 11 is 0. The van der Waals surface area contributed by atoms with Crippen molar-refractivity contribution in [2.75, 3.05) is 20.2 Å². The normalized spacial score (nSPS) is 12.5. The third kappa shape index (κ3) is 4.91. The Morgan fingerprint density at radius 3 is 2.63 bits per heavy atom. The molecule has 1 aromatic rings. The van der Waals surface area contributed by atoms with Gasteiger partial charge in [-0.05, 0) is 57.5 Å². The van der Waals surface area contributed by atoms with Crippen LogP contribution < -0.4 is 4.74 Å². The van der Waals surface area contributed by atoms with Crippen LogP contribution in [0.5, 0.6) is 5.75 Å². The van der Waals surface area contributed by atoms with Crippen LogP contribution in [0.2, 0.25) is 0 Å². The molecular weight excluding hydrogens is 242 g/mol.